The highest BCUT2D eigenvalue weighted by molar-refractivity contribution is 6.42. The Labute approximate surface area is 165 Å². The van der Waals surface area contributed by atoms with Gasteiger partial charge in [0.25, 0.3) is 0 Å². The van der Waals surface area contributed by atoms with Crippen molar-refractivity contribution in [3.05, 3.63) is 63.6 Å². The van der Waals surface area contributed by atoms with Crippen LogP contribution in [0.1, 0.15) is 17.5 Å². The van der Waals surface area contributed by atoms with E-state index in [1.165, 1.54) is 7.11 Å². The quantitative estimate of drug-likeness (QED) is 0.433. The number of carbonyl (C=O) groups excluding carboxylic acids is 2. The van der Waals surface area contributed by atoms with Gasteiger partial charge in [-0.15, -0.1) is 0 Å². The van der Waals surface area contributed by atoms with Crippen LogP contribution in [0.4, 0.5) is 0 Å². The highest BCUT2D eigenvalue weighted by atomic mass is 35.5. The fourth-order valence-corrected chi connectivity index (χ4v) is 3.48. The molecule has 0 heterocycles. The first-order valence-electron chi connectivity index (χ1n) is 8.12. The highest BCUT2D eigenvalue weighted by Gasteiger charge is 2.65. The number of ether oxygens (including phenoxy) is 2. The summed E-state index contributed by atoms with van der Waals surface area (Å²) in [5.74, 6) is -1.32. The topological polar surface area (TPSA) is 84.9 Å². The van der Waals surface area contributed by atoms with Gasteiger partial charge in [0.15, 0.2) is 0 Å². The molecule has 1 aliphatic rings. The summed E-state index contributed by atoms with van der Waals surface area (Å²) in [6, 6.07) is 12.1. The van der Waals surface area contributed by atoms with Crippen LogP contribution < -0.4 is 10.2 Å². The highest BCUT2D eigenvalue weighted by Crippen LogP contribution is 2.55. The molecule has 6 nitrogen and oxygen atoms in total. The number of methoxy groups -OCH3 is 1. The van der Waals surface area contributed by atoms with E-state index in [-0.39, 0.29) is 13.0 Å². The predicted octanol–water partition coefficient (Wildman–Crippen LogP) is 3.51. The molecule has 8 heteroatoms. The van der Waals surface area contributed by atoms with Crippen molar-refractivity contribution in [2.75, 3.05) is 7.11 Å². The van der Waals surface area contributed by atoms with Gasteiger partial charge in [-0.3, -0.25) is 14.8 Å². The normalized spacial score (nSPS) is 20.7. The minimum Gasteiger partial charge on any atom is -0.489 e. The number of rotatable bonds is 6. The third-order valence-corrected chi connectivity index (χ3v) is 5.41. The smallest absolute Gasteiger partial charge is 0.317 e. The standard InChI is InChI=1S/C19H17Cl2NO5/c1-26-18(24)19(9-14(19)17(23)22-25)12-3-2-4-13(8-12)27-10-11-5-6-15(20)16(21)7-11/h2-8,14,25H,9-10H2,1H3,(H,22,23). The van der Waals surface area contributed by atoms with E-state index in [0.717, 1.165) is 5.56 Å². The first-order valence-corrected chi connectivity index (χ1v) is 8.87. The van der Waals surface area contributed by atoms with Crippen LogP contribution in [0.15, 0.2) is 42.5 Å². The van der Waals surface area contributed by atoms with Crippen molar-refractivity contribution in [2.24, 2.45) is 5.92 Å². The Bertz CT molecular complexity index is 888. The molecule has 1 aliphatic carbocycles. The number of hydroxylamine groups is 1. The monoisotopic (exact) mass is 409 g/mol. The van der Waals surface area contributed by atoms with Gasteiger partial charge < -0.3 is 9.47 Å². The third kappa shape index (κ3) is 3.74. The number of hydrogen-bond donors (Lipinski definition) is 2. The van der Waals surface area contributed by atoms with Crippen molar-refractivity contribution in [3.63, 3.8) is 0 Å². The molecular formula is C19H17Cl2NO5. The number of halogens is 2. The molecule has 2 N–H and O–H groups in total. The van der Waals surface area contributed by atoms with Crippen LogP contribution in [0.2, 0.25) is 10.0 Å². The van der Waals surface area contributed by atoms with E-state index in [0.29, 0.717) is 21.4 Å². The summed E-state index contributed by atoms with van der Waals surface area (Å²) in [7, 11) is 1.26. The van der Waals surface area contributed by atoms with Crippen molar-refractivity contribution in [3.8, 4) is 5.75 Å². The Kier molecular flexibility index (Phi) is 5.60. The Morgan fingerprint density at radius 2 is 2.00 bits per heavy atom. The number of esters is 1. The van der Waals surface area contributed by atoms with E-state index in [4.69, 9.17) is 37.9 Å². The summed E-state index contributed by atoms with van der Waals surface area (Å²) >= 11 is 11.9. The van der Waals surface area contributed by atoms with Crippen LogP contribution in [-0.2, 0) is 26.3 Å². The number of amides is 1. The van der Waals surface area contributed by atoms with Crippen LogP contribution >= 0.6 is 23.2 Å². The van der Waals surface area contributed by atoms with Crippen molar-refractivity contribution in [1.82, 2.24) is 5.48 Å². The number of benzene rings is 2. The van der Waals surface area contributed by atoms with Gasteiger partial charge in [0.2, 0.25) is 5.91 Å². The second-order valence-electron chi connectivity index (χ2n) is 6.26. The van der Waals surface area contributed by atoms with E-state index in [1.54, 1.807) is 47.9 Å². The summed E-state index contributed by atoms with van der Waals surface area (Å²) in [6.07, 6.45) is 0.252. The average Bonchev–Trinajstić information content (AvgIpc) is 3.45. The molecular weight excluding hydrogens is 393 g/mol. The van der Waals surface area contributed by atoms with Gasteiger partial charge in [0, 0.05) is 0 Å². The molecule has 142 valence electrons. The molecule has 0 spiro atoms. The number of carbonyl (C=O) groups is 2. The molecule has 1 fully saturated rings. The zero-order chi connectivity index (χ0) is 19.6. The lowest BCUT2D eigenvalue weighted by Gasteiger charge is -2.16. The Morgan fingerprint density at radius 3 is 2.67 bits per heavy atom. The molecule has 2 aromatic rings. The molecule has 27 heavy (non-hydrogen) atoms. The zero-order valence-electron chi connectivity index (χ0n) is 14.4. The van der Waals surface area contributed by atoms with Gasteiger partial charge in [-0.05, 0) is 41.8 Å². The lowest BCUT2D eigenvalue weighted by molar-refractivity contribution is -0.146. The molecule has 0 aliphatic heterocycles. The van der Waals surface area contributed by atoms with E-state index in [2.05, 4.69) is 0 Å². The Hall–Kier alpha value is -2.28. The van der Waals surface area contributed by atoms with Crippen molar-refractivity contribution < 1.29 is 24.3 Å². The van der Waals surface area contributed by atoms with Crippen LogP contribution in [0.3, 0.4) is 0 Å². The summed E-state index contributed by atoms with van der Waals surface area (Å²) in [4.78, 5) is 24.2. The van der Waals surface area contributed by atoms with E-state index in [1.807, 2.05) is 0 Å². The molecule has 0 saturated heterocycles. The second kappa shape index (κ2) is 7.76. The maximum Gasteiger partial charge on any atom is 0.317 e. The van der Waals surface area contributed by atoms with E-state index < -0.39 is 23.2 Å². The van der Waals surface area contributed by atoms with E-state index in [9.17, 15) is 9.59 Å². The summed E-state index contributed by atoms with van der Waals surface area (Å²) < 4.78 is 10.7. The molecule has 0 bridgehead atoms. The molecule has 2 unspecified atom stereocenters. The molecule has 2 aromatic carbocycles. The van der Waals surface area contributed by atoms with Crippen LogP contribution in [0, 0.1) is 5.92 Å². The molecule has 2 atom stereocenters. The van der Waals surface area contributed by atoms with Gasteiger partial charge >= 0.3 is 5.97 Å². The van der Waals surface area contributed by atoms with Gasteiger partial charge in [-0.25, -0.2) is 5.48 Å². The maximum absolute atomic E-state index is 12.3. The Balaban J connectivity index is 1.81. The fraction of sp³-hybridized carbons (Fsp3) is 0.263. The molecule has 3 rings (SSSR count). The first kappa shape index (κ1) is 19.5. The lowest BCUT2D eigenvalue weighted by Crippen LogP contribution is -2.31. The first-order chi connectivity index (χ1) is 12.9. The summed E-state index contributed by atoms with van der Waals surface area (Å²) in [6.45, 7) is 0.256. The van der Waals surface area contributed by atoms with E-state index >= 15 is 0 Å². The Morgan fingerprint density at radius 1 is 1.22 bits per heavy atom. The van der Waals surface area contributed by atoms with Gasteiger partial charge in [-0.2, -0.15) is 0 Å². The SMILES string of the molecule is COC(=O)C1(c2cccc(OCc3ccc(Cl)c(Cl)c3)c2)CC1C(=O)NO. The van der Waals surface area contributed by atoms with Crippen molar-refractivity contribution in [1.29, 1.82) is 0 Å². The van der Waals surface area contributed by atoms with Crippen LogP contribution in [0.25, 0.3) is 0 Å². The lowest BCUT2D eigenvalue weighted by atomic mass is 9.92. The predicted molar refractivity (Wildman–Crippen MR) is 99.0 cm³/mol. The van der Waals surface area contributed by atoms with Crippen LogP contribution in [-0.4, -0.2) is 24.2 Å². The molecule has 0 aromatic heterocycles. The van der Waals surface area contributed by atoms with Crippen molar-refractivity contribution in [2.45, 2.75) is 18.4 Å². The largest absolute Gasteiger partial charge is 0.489 e. The minimum atomic E-state index is -1.12. The van der Waals surface area contributed by atoms with Crippen LogP contribution in [0.5, 0.6) is 5.75 Å². The maximum atomic E-state index is 12.3. The molecule has 0 radical (unpaired) electrons. The summed E-state index contributed by atoms with van der Waals surface area (Å²) in [5.41, 5.74) is 1.91. The minimum absolute atomic E-state index is 0.252. The second-order valence-corrected chi connectivity index (χ2v) is 7.08. The average molecular weight is 410 g/mol. The van der Waals surface area contributed by atoms with Crippen molar-refractivity contribution >= 4 is 35.1 Å². The molecule has 1 amide bonds. The number of hydrogen-bond acceptors (Lipinski definition) is 5. The van der Waals surface area contributed by atoms with Gasteiger partial charge in [-0.1, -0.05) is 41.4 Å². The summed E-state index contributed by atoms with van der Waals surface area (Å²) in [5, 5.41) is 9.79. The van der Waals surface area contributed by atoms with Gasteiger partial charge in [0.05, 0.1) is 23.1 Å². The van der Waals surface area contributed by atoms with Gasteiger partial charge in [0.1, 0.15) is 17.8 Å². The third-order valence-electron chi connectivity index (χ3n) is 4.68. The number of nitrogens with one attached hydrogen (secondary N) is 1. The fourth-order valence-electron chi connectivity index (χ4n) is 3.16. The zero-order valence-corrected chi connectivity index (χ0v) is 15.9. The molecule has 1 saturated carbocycles.